The van der Waals surface area contributed by atoms with Gasteiger partial charge in [0, 0.05) is 18.6 Å². The van der Waals surface area contributed by atoms with Crippen LogP contribution in [0.25, 0.3) is 0 Å². The summed E-state index contributed by atoms with van der Waals surface area (Å²) in [7, 11) is 1.80. The van der Waals surface area contributed by atoms with Crippen LogP contribution in [0.15, 0.2) is 29.3 Å². The lowest BCUT2D eigenvalue weighted by atomic mass is 10.1. The van der Waals surface area contributed by atoms with Gasteiger partial charge in [0.05, 0.1) is 6.04 Å². The van der Waals surface area contributed by atoms with Crippen LogP contribution in [0.4, 0.5) is 0 Å². The molecule has 0 spiro atoms. The first-order valence-electron chi connectivity index (χ1n) is 6.91. The van der Waals surface area contributed by atoms with Crippen LogP contribution in [-0.4, -0.2) is 19.6 Å². The Balaban J connectivity index is 0.00000200. The number of hydrogen-bond donors (Lipinski definition) is 2. The first-order chi connectivity index (χ1) is 9.19. The molecular weight excluding hydrogens is 385 g/mol. The molecule has 1 aliphatic rings. The van der Waals surface area contributed by atoms with E-state index in [2.05, 4.69) is 28.6 Å². The van der Waals surface area contributed by atoms with Crippen molar-refractivity contribution in [1.29, 1.82) is 0 Å². The fraction of sp³-hybridized carbons (Fsp3) is 0.533. The van der Waals surface area contributed by atoms with E-state index < -0.39 is 0 Å². The van der Waals surface area contributed by atoms with Crippen LogP contribution in [-0.2, 0) is 0 Å². The van der Waals surface area contributed by atoms with Gasteiger partial charge in [0.15, 0.2) is 5.96 Å². The van der Waals surface area contributed by atoms with E-state index in [1.165, 1.54) is 19.3 Å². The summed E-state index contributed by atoms with van der Waals surface area (Å²) in [6.07, 6.45) is 4.03. The Labute approximate surface area is 143 Å². The lowest BCUT2D eigenvalue weighted by Crippen LogP contribution is -2.39. The molecule has 0 saturated heterocycles. The maximum absolute atomic E-state index is 6.01. The third kappa shape index (κ3) is 5.87. The van der Waals surface area contributed by atoms with Crippen molar-refractivity contribution in [2.45, 2.75) is 32.2 Å². The van der Waals surface area contributed by atoms with Gasteiger partial charge < -0.3 is 10.6 Å². The Morgan fingerprint density at radius 2 is 2.20 bits per heavy atom. The standard InChI is InChI=1S/C15H22ClN3.HI/c1-11(13-4-3-5-14(16)10-13)19-15(17-2)18-9-8-12-6-7-12;/h3-5,10-12H,6-9H2,1-2H3,(H2,17,18,19);1H. The third-order valence-electron chi connectivity index (χ3n) is 3.47. The van der Waals surface area contributed by atoms with E-state index in [1.807, 2.05) is 18.2 Å². The van der Waals surface area contributed by atoms with Crippen molar-refractivity contribution in [3.8, 4) is 0 Å². The molecule has 0 radical (unpaired) electrons. The van der Waals surface area contributed by atoms with E-state index in [0.29, 0.717) is 0 Å². The Hall–Kier alpha value is -0.490. The average Bonchev–Trinajstić information content (AvgIpc) is 3.21. The number of hydrogen-bond acceptors (Lipinski definition) is 1. The van der Waals surface area contributed by atoms with Gasteiger partial charge in [-0.1, -0.05) is 36.6 Å². The van der Waals surface area contributed by atoms with Gasteiger partial charge in [-0.05, 0) is 37.0 Å². The highest BCUT2D eigenvalue weighted by Gasteiger charge is 2.20. The van der Waals surface area contributed by atoms with Gasteiger partial charge in [-0.3, -0.25) is 4.99 Å². The monoisotopic (exact) mass is 407 g/mol. The van der Waals surface area contributed by atoms with Gasteiger partial charge >= 0.3 is 0 Å². The van der Waals surface area contributed by atoms with Crippen molar-refractivity contribution in [3.05, 3.63) is 34.9 Å². The first kappa shape index (κ1) is 17.6. The Kier molecular flexibility index (Phi) is 7.66. The van der Waals surface area contributed by atoms with Crippen molar-refractivity contribution >= 4 is 41.5 Å². The zero-order valence-electron chi connectivity index (χ0n) is 12.0. The molecule has 1 aromatic carbocycles. The molecule has 0 aliphatic heterocycles. The van der Waals surface area contributed by atoms with Gasteiger partial charge in [-0.25, -0.2) is 0 Å². The van der Waals surface area contributed by atoms with Crippen LogP contribution < -0.4 is 10.6 Å². The maximum Gasteiger partial charge on any atom is 0.191 e. The van der Waals surface area contributed by atoms with Gasteiger partial charge in [0.1, 0.15) is 0 Å². The number of benzene rings is 1. The van der Waals surface area contributed by atoms with Crippen LogP contribution in [0.2, 0.25) is 5.02 Å². The van der Waals surface area contributed by atoms with Crippen LogP contribution >= 0.6 is 35.6 Å². The second-order valence-electron chi connectivity index (χ2n) is 5.15. The van der Waals surface area contributed by atoms with Crippen LogP contribution in [0, 0.1) is 5.92 Å². The molecular formula is C15H23ClIN3. The topological polar surface area (TPSA) is 36.4 Å². The molecule has 3 nitrogen and oxygen atoms in total. The van der Waals surface area contributed by atoms with Crippen LogP contribution in [0.1, 0.15) is 37.8 Å². The normalized spacial score (nSPS) is 16.2. The van der Waals surface area contributed by atoms with Crippen molar-refractivity contribution in [2.75, 3.05) is 13.6 Å². The van der Waals surface area contributed by atoms with Gasteiger partial charge in [0.2, 0.25) is 0 Å². The number of aliphatic imine (C=N–C) groups is 1. The average molecular weight is 408 g/mol. The maximum atomic E-state index is 6.01. The highest BCUT2D eigenvalue weighted by Crippen LogP contribution is 2.31. The van der Waals surface area contributed by atoms with Crippen LogP contribution in [0.5, 0.6) is 0 Å². The minimum Gasteiger partial charge on any atom is -0.356 e. The summed E-state index contributed by atoms with van der Waals surface area (Å²) < 4.78 is 0. The molecule has 1 aliphatic carbocycles. The molecule has 1 fully saturated rings. The van der Waals surface area contributed by atoms with Crippen molar-refractivity contribution in [2.24, 2.45) is 10.9 Å². The summed E-state index contributed by atoms with van der Waals surface area (Å²) in [6, 6.07) is 8.10. The summed E-state index contributed by atoms with van der Waals surface area (Å²) >= 11 is 6.01. The van der Waals surface area contributed by atoms with E-state index in [0.717, 1.165) is 29.0 Å². The molecule has 1 saturated carbocycles. The van der Waals surface area contributed by atoms with Gasteiger partial charge in [0.25, 0.3) is 0 Å². The third-order valence-corrected chi connectivity index (χ3v) is 3.70. The molecule has 1 aromatic rings. The number of nitrogens with zero attached hydrogens (tertiary/aromatic N) is 1. The zero-order chi connectivity index (χ0) is 13.7. The second kappa shape index (κ2) is 8.72. The van der Waals surface area contributed by atoms with E-state index in [-0.39, 0.29) is 30.0 Å². The first-order valence-corrected chi connectivity index (χ1v) is 7.29. The van der Waals surface area contributed by atoms with E-state index in [1.54, 1.807) is 7.05 Å². The molecule has 0 aromatic heterocycles. The fourth-order valence-corrected chi connectivity index (χ4v) is 2.26. The fourth-order valence-electron chi connectivity index (χ4n) is 2.06. The van der Waals surface area contributed by atoms with E-state index in [4.69, 9.17) is 11.6 Å². The molecule has 2 rings (SSSR count). The quantitative estimate of drug-likeness (QED) is 0.440. The van der Waals surface area contributed by atoms with Crippen molar-refractivity contribution < 1.29 is 0 Å². The zero-order valence-corrected chi connectivity index (χ0v) is 15.1. The minimum atomic E-state index is 0. The van der Waals surface area contributed by atoms with Gasteiger partial charge in [-0.2, -0.15) is 0 Å². The van der Waals surface area contributed by atoms with Gasteiger partial charge in [-0.15, -0.1) is 24.0 Å². The smallest absolute Gasteiger partial charge is 0.191 e. The number of nitrogens with one attached hydrogen (secondary N) is 2. The van der Waals surface area contributed by atoms with Crippen LogP contribution in [0.3, 0.4) is 0 Å². The highest BCUT2D eigenvalue weighted by molar-refractivity contribution is 14.0. The number of guanidine groups is 1. The largest absolute Gasteiger partial charge is 0.356 e. The molecule has 112 valence electrons. The molecule has 2 N–H and O–H groups in total. The second-order valence-corrected chi connectivity index (χ2v) is 5.59. The van der Waals surface area contributed by atoms with Crippen molar-refractivity contribution in [3.63, 3.8) is 0 Å². The summed E-state index contributed by atoms with van der Waals surface area (Å²) in [4.78, 5) is 4.25. The summed E-state index contributed by atoms with van der Waals surface area (Å²) in [5.41, 5.74) is 1.16. The molecule has 0 bridgehead atoms. The summed E-state index contributed by atoms with van der Waals surface area (Å²) in [5, 5.41) is 7.51. The van der Waals surface area contributed by atoms with Crippen molar-refractivity contribution in [1.82, 2.24) is 10.6 Å². The SMILES string of the molecule is CN=C(NCCC1CC1)NC(C)c1cccc(Cl)c1.I. The Morgan fingerprint density at radius 3 is 2.80 bits per heavy atom. The predicted molar refractivity (Wildman–Crippen MR) is 97.1 cm³/mol. The molecule has 1 atom stereocenters. The molecule has 1 unspecified atom stereocenters. The summed E-state index contributed by atoms with van der Waals surface area (Å²) in [5.74, 6) is 1.80. The Bertz CT molecular complexity index is 446. The molecule has 5 heteroatoms. The molecule has 20 heavy (non-hydrogen) atoms. The molecule has 0 heterocycles. The number of halogens is 2. The summed E-state index contributed by atoms with van der Waals surface area (Å²) in [6.45, 7) is 3.10. The Morgan fingerprint density at radius 1 is 1.45 bits per heavy atom. The minimum absolute atomic E-state index is 0. The number of rotatable bonds is 5. The van der Waals surface area contributed by atoms with E-state index >= 15 is 0 Å². The lowest BCUT2D eigenvalue weighted by molar-refractivity contribution is 0.653. The predicted octanol–water partition coefficient (Wildman–Crippen LogP) is 3.98. The highest BCUT2D eigenvalue weighted by atomic mass is 127. The lowest BCUT2D eigenvalue weighted by Gasteiger charge is -2.18. The van der Waals surface area contributed by atoms with E-state index in [9.17, 15) is 0 Å². The molecule has 0 amide bonds.